The van der Waals surface area contributed by atoms with Gasteiger partial charge in [-0.05, 0) is 57.7 Å². The van der Waals surface area contributed by atoms with Gasteiger partial charge in [-0.2, -0.15) is 0 Å². The number of nitrogens with zero attached hydrogens (tertiary/aromatic N) is 3. The van der Waals surface area contributed by atoms with E-state index in [4.69, 9.17) is 0 Å². The van der Waals surface area contributed by atoms with Crippen molar-refractivity contribution in [2.45, 2.75) is 45.1 Å². The average Bonchev–Trinajstić information content (AvgIpc) is 3.12. The maximum atomic E-state index is 13.0. The number of piperidine rings is 2. The van der Waals surface area contributed by atoms with Crippen LogP contribution in [0.3, 0.4) is 0 Å². The van der Waals surface area contributed by atoms with Gasteiger partial charge in [-0.25, -0.2) is 0 Å². The van der Waals surface area contributed by atoms with Crippen molar-refractivity contribution >= 4 is 11.6 Å². The van der Waals surface area contributed by atoms with Crippen LogP contribution in [-0.2, 0) is 4.79 Å². The van der Waals surface area contributed by atoms with E-state index in [0.29, 0.717) is 18.5 Å². The first-order chi connectivity index (χ1) is 13.1. The molecule has 5 nitrogen and oxygen atoms in total. The number of hydrogen-bond donors (Lipinski definition) is 1. The average molecular weight is 372 g/mol. The zero-order valence-electron chi connectivity index (χ0n) is 16.6. The van der Waals surface area contributed by atoms with E-state index in [1.165, 1.54) is 24.1 Å². The van der Waals surface area contributed by atoms with Gasteiger partial charge in [0.2, 0.25) is 5.91 Å². The number of anilines is 1. The van der Waals surface area contributed by atoms with Crippen molar-refractivity contribution < 1.29 is 9.90 Å². The maximum Gasteiger partial charge on any atom is 0.230 e. The monoisotopic (exact) mass is 371 g/mol. The fourth-order valence-corrected chi connectivity index (χ4v) is 5.33. The number of aliphatic hydroxyl groups is 1. The van der Waals surface area contributed by atoms with E-state index in [0.717, 1.165) is 52.0 Å². The summed E-state index contributed by atoms with van der Waals surface area (Å²) in [6.45, 7) is 7.68. The lowest BCUT2D eigenvalue weighted by molar-refractivity contribution is -0.146. The lowest BCUT2D eigenvalue weighted by atomic mass is 9.78. The molecule has 3 saturated heterocycles. The van der Waals surface area contributed by atoms with E-state index >= 15 is 0 Å². The van der Waals surface area contributed by atoms with Crippen molar-refractivity contribution in [3.63, 3.8) is 0 Å². The number of likely N-dealkylation sites (tertiary alicyclic amines) is 2. The van der Waals surface area contributed by atoms with Crippen LogP contribution in [0.2, 0.25) is 0 Å². The second-order valence-corrected chi connectivity index (χ2v) is 8.67. The predicted octanol–water partition coefficient (Wildman–Crippen LogP) is 2.27. The smallest absolute Gasteiger partial charge is 0.230 e. The van der Waals surface area contributed by atoms with Crippen LogP contribution in [0.25, 0.3) is 0 Å². The normalized spacial score (nSPS) is 27.7. The van der Waals surface area contributed by atoms with E-state index in [9.17, 15) is 9.90 Å². The second kappa shape index (κ2) is 7.80. The number of amides is 1. The van der Waals surface area contributed by atoms with Gasteiger partial charge in [0.15, 0.2) is 0 Å². The first kappa shape index (κ1) is 18.8. The van der Waals surface area contributed by atoms with Crippen LogP contribution in [0, 0.1) is 12.3 Å². The fraction of sp³-hybridized carbons (Fsp3) is 0.682. The van der Waals surface area contributed by atoms with Crippen molar-refractivity contribution in [1.82, 2.24) is 9.80 Å². The predicted molar refractivity (Wildman–Crippen MR) is 108 cm³/mol. The third-order valence-electron chi connectivity index (χ3n) is 6.96. The van der Waals surface area contributed by atoms with Crippen LogP contribution in [0.5, 0.6) is 0 Å². The first-order valence-corrected chi connectivity index (χ1v) is 10.6. The minimum absolute atomic E-state index is 0.0724. The summed E-state index contributed by atoms with van der Waals surface area (Å²) in [5.41, 5.74) is 2.46. The highest BCUT2D eigenvalue weighted by Crippen LogP contribution is 2.41. The molecule has 0 saturated carbocycles. The highest BCUT2D eigenvalue weighted by atomic mass is 16.3. The van der Waals surface area contributed by atoms with Gasteiger partial charge >= 0.3 is 0 Å². The number of carbonyl (C=O) groups excluding carboxylic acids is 1. The molecule has 4 rings (SSSR count). The van der Waals surface area contributed by atoms with Gasteiger partial charge < -0.3 is 14.9 Å². The van der Waals surface area contributed by atoms with Gasteiger partial charge in [0.1, 0.15) is 0 Å². The molecule has 0 aromatic heterocycles. The molecule has 1 amide bonds. The third kappa shape index (κ3) is 3.72. The van der Waals surface area contributed by atoms with Gasteiger partial charge in [0.25, 0.3) is 0 Å². The van der Waals surface area contributed by atoms with Gasteiger partial charge in [-0.15, -0.1) is 0 Å². The van der Waals surface area contributed by atoms with E-state index in [2.05, 4.69) is 41.0 Å². The third-order valence-corrected chi connectivity index (χ3v) is 6.96. The molecule has 5 heteroatoms. The van der Waals surface area contributed by atoms with Crippen LogP contribution in [0.4, 0.5) is 5.69 Å². The number of β-amino-alcohol motifs (C(OH)–C–C–N with tert-alkyl or cyclic N) is 1. The molecule has 1 atom stereocenters. The first-order valence-electron chi connectivity index (χ1n) is 10.6. The Morgan fingerprint density at radius 3 is 2.52 bits per heavy atom. The quantitative estimate of drug-likeness (QED) is 0.882. The number of aliphatic hydroxyl groups excluding tert-OH is 1. The Morgan fingerprint density at radius 1 is 1.07 bits per heavy atom. The van der Waals surface area contributed by atoms with Crippen LogP contribution in [0.1, 0.15) is 37.7 Å². The van der Waals surface area contributed by atoms with Crippen molar-refractivity contribution in [1.29, 1.82) is 0 Å². The molecule has 0 bridgehead atoms. The molecule has 0 unspecified atom stereocenters. The molecular formula is C22H33N3O2. The summed E-state index contributed by atoms with van der Waals surface area (Å²) in [6, 6.07) is 9.46. The summed E-state index contributed by atoms with van der Waals surface area (Å²) >= 11 is 0. The lowest BCUT2D eigenvalue weighted by Crippen LogP contribution is -2.52. The molecule has 3 aliphatic heterocycles. The molecular weight excluding hydrogens is 338 g/mol. The molecule has 27 heavy (non-hydrogen) atoms. The molecule has 1 aromatic rings. The van der Waals surface area contributed by atoms with Crippen LogP contribution in [0.15, 0.2) is 24.3 Å². The standard InChI is InChI=1S/C22H33N3O2/c1-18-3-5-19(6-4-18)23-12-7-20(8-13-23)25-14-10-22(17-25)9-2-11-24(15-16-26)21(22)27/h3-6,20,26H,2,7-17H2,1H3/t22-/m1/s1. The number of hydrogen-bond acceptors (Lipinski definition) is 4. The topological polar surface area (TPSA) is 47.0 Å². The molecule has 3 heterocycles. The Hall–Kier alpha value is -1.59. The second-order valence-electron chi connectivity index (χ2n) is 8.67. The van der Waals surface area contributed by atoms with Gasteiger partial charge in [-0.3, -0.25) is 9.69 Å². The Bertz CT molecular complexity index is 652. The number of rotatable bonds is 4. The fourth-order valence-electron chi connectivity index (χ4n) is 5.33. The lowest BCUT2D eigenvalue weighted by Gasteiger charge is -2.41. The number of aryl methyl sites for hydroxylation is 1. The summed E-state index contributed by atoms with van der Waals surface area (Å²) in [5, 5.41) is 9.25. The Kier molecular flexibility index (Phi) is 5.42. The van der Waals surface area contributed by atoms with Crippen molar-refractivity contribution in [3.05, 3.63) is 29.8 Å². The Balaban J connectivity index is 1.35. The molecule has 3 aliphatic rings. The summed E-state index contributed by atoms with van der Waals surface area (Å²) < 4.78 is 0. The molecule has 0 aliphatic carbocycles. The van der Waals surface area contributed by atoms with E-state index in [1.54, 1.807) is 0 Å². The van der Waals surface area contributed by atoms with Crippen LogP contribution < -0.4 is 4.90 Å². The zero-order chi connectivity index (χ0) is 18.9. The molecule has 1 N–H and O–H groups in total. The van der Waals surface area contributed by atoms with E-state index in [1.807, 2.05) is 4.90 Å². The Morgan fingerprint density at radius 2 is 1.81 bits per heavy atom. The zero-order valence-corrected chi connectivity index (χ0v) is 16.6. The van der Waals surface area contributed by atoms with Gasteiger partial charge in [0.05, 0.1) is 12.0 Å². The summed E-state index contributed by atoms with van der Waals surface area (Å²) in [5.74, 6) is 0.294. The van der Waals surface area contributed by atoms with Crippen molar-refractivity contribution in [3.8, 4) is 0 Å². The SMILES string of the molecule is Cc1ccc(N2CCC(N3CC[C@]4(CCCN(CCO)C4=O)C3)CC2)cc1. The molecule has 0 radical (unpaired) electrons. The van der Waals surface area contributed by atoms with E-state index < -0.39 is 0 Å². The molecule has 148 valence electrons. The minimum Gasteiger partial charge on any atom is -0.395 e. The highest BCUT2D eigenvalue weighted by Gasteiger charge is 2.49. The summed E-state index contributed by atoms with van der Waals surface area (Å²) in [7, 11) is 0. The van der Waals surface area contributed by atoms with Crippen LogP contribution in [-0.4, -0.2) is 72.7 Å². The Labute approximate surface area is 162 Å². The molecule has 1 spiro atoms. The van der Waals surface area contributed by atoms with E-state index in [-0.39, 0.29) is 12.0 Å². The molecule has 1 aromatic carbocycles. The van der Waals surface area contributed by atoms with Gasteiger partial charge in [-0.1, -0.05) is 17.7 Å². The summed E-state index contributed by atoms with van der Waals surface area (Å²) in [6.07, 6.45) is 5.45. The van der Waals surface area contributed by atoms with Crippen molar-refractivity contribution in [2.24, 2.45) is 5.41 Å². The highest BCUT2D eigenvalue weighted by molar-refractivity contribution is 5.84. The van der Waals surface area contributed by atoms with Crippen LogP contribution >= 0.6 is 0 Å². The maximum absolute atomic E-state index is 13.0. The minimum atomic E-state index is -0.179. The number of benzene rings is 1. The summed E-state index contributed by atoms with van der Waals surface area (Å²) in [4.78, 5) is 20.0. The van der Waals surface area contributed by atoms with Gasteiger partial charge in [0, 0.05) is 44.5 Å². The molecule has 3 fully saturated rings. The number of carbonyl (C=O) groups is 1. The van der Waals surface area contributed by atoms with Crippen molar-refractivity contribution in [2.75, 3.05) is 50.8 Å². The largest absolute Gasteiger partial charge is 0.395 e.